The number of H-pyrrole nitrogens is 1. The van der Waals surface area contributed by atoms with Crippen LogP contribution in [0.4, 0.5) is 0 Å². The van der Waals surface area contributed by atoms with Gasteiger partial charge in [-0.05, 0) is 43.7 Å². The number of nitrogens with one attached hydrogen (secondary N) is 2. The number of imidazole rings is 1. The summed E-state index contributed by atoms with van der Waals surface area (Å²) in [5, 5.41) is 12.4. The van der Waals surface area contributed by atoms with Gasteiger partial charge in [-0.25, -0.2) is 4.98 Å². The Bertz CT molecular complexity index is 1120. The van der Waals surface area contributed by atoms with E-state index < -0.39 is 18.0 Å². The highest BCUT2D eigenvalue weighted by Crippen LogP contribution is 2.35. The molecule has 9 heteroatoms. The van der Waals surface area contributed by atoms with Gasteiger partial charge in [-0.15, -0.1) is 0 Å². The van der Waals surface area contributed by atoms with E-state index in [-0.39, 0.29) is 23.4 Å². The first kappa shape index (κ1) is 23.7. The van der Waals surface area contributed by atoms with Crippen molar-refractivity contribution < 1.29 is 19.1 Å². The topological polar surface area (TPSA) is 128 Å². The number of aromatic amines is 1. The Hall–Kier alpha value is -3.41. The van der Waals surface area contributed by atoms with E-state index in [0.29, 0.717) is 42.0 Å². The molecule has 34 heavy (non-hydrogen) atoms. The number of benzene rings is 1. The fourth-order valence-corrected chi connectivity index (χ4v) is 4.69. The second kappa shape index (κ2) is 10.2. The molecule has 2 N–H and O–H groups in total. The van der Waals surface area contributed by atoms with Crippen molar-refractivity contribution in [2.45, 2.75) is 63.5 Å². The number of Topliss-reactive ketones (excluding diaryl/α,β-unsaturated/α-hetero) is 1. The number of carbonyl (C=O) groups excluding carboxylic acids is 3. The third-order valence-electron chi connectivity index (χ3n) is 6.92. The van der Waals surface area contributed by atoms with E-state index in [1.165, 1.54) is 4.90 Å². The minimum atomic E-state index is -0.764. The molecule has 2 aliphatic carbocycles. The number of amides is 2. The number of hydrogen-bond donors (Lipinski definition) is 2. The van der Waals surface area contributed by atoms with E-state index in [1.54, 1.807) is 32.4 Å². The molecule has 1 aromatic carbocycles. The van der Waals surface area contributed by atoms with Crippen LogP contribution in [0.2, 0.25) is 0 Å². The van der Waals surface area contributed by atoms with E-state index in [9.17, 15) is 19.6 Å². The van der Waals surface area contributed by atoms with Gasteiger partial charge in [0.15, 0.2) is 5.82 Å². The van der Waals surface area contributed by atoms with Crippen molar-refractivity contribution in [2.24, 2.45) is 11.8 Å². The first-order valence-electron chi connectivity index (χ1n) is 11.9. The van der Waals surface area contributed by atoms with Crippen LogP contribution in [0.3, 0.4) is 0 Å². The summed E-state index contributed by atoms with van der Waals surface area (Å²) in [5.41, 5.74) is 1.22. The van der Waals surface area contributed by atoms with Crippen LogP contribution >= 0.6 is 0 Å². The number of aromatic nitrogens is 2. The number of likely N-dealkylation sites (N-methyl/N-ethyl adjacent to an activating group) is 1. The number of para-hydroxylation sites is 1. The second-order valence-corrected chi connectivity index (χ2v) is 9.39. The molecule has 2 aromatic rings. The van der Waals surface area contributed by atoms with Crippen LogP contribution < -0.4 is 10.1 Å². The lowest BCUT2D eigenvalue weighted by atomic mass is 9.84. The molecule has 3 atom stereocenters. The second-order valence-electron chi connectivity index (χ2n) is 9.39. The summed E-state index contributed by atoms with van der Waals surface area (Å²) in [6.45, 7) is 0. The van der Waals surface area contributed by atoms with Crippen molar-refractivity contribution in [3.63, 3.8) is 0 Å². The van der Waals surface area contributed by atoms with Gasteiger partial charge in [0.05, 0.1) is 18.7 Å². The van der Waals surface area contributed by atoms with E-state index in [2.05, 4.69) is 21.4 Å². The van der Waals surface area contributed by atoms with Crippen molar-refractivity contribution in [2.75, 3.05) is 14.2 Å². The number of nitriles is 1. The van der Waals surface area contributed by atoms with E-state index in [0.717, 1.165) is 32.1 Å². The van der Waals surface area contributed by atoms with Gasteiger partial charge in [-0.1, -0.05) is 25.3 Å². The molecule has 2 amide bonds. The normalized spacial score (nSPS) is 19.8. The van der Waals surface area contributed by atoms with Crippen LogP contribution in [0.15, 0.2) is 18.2 Å². The highest BCUT2D eigenvalue weighted by atomic mass is 16.5. The minimum Gasteiger partial charge on any atom is -0.494 e. The Balaban J connectivity index is 1.49. The van der Waals surface area contributed by atoms with E-state index in [4.69, 9.17) is 4.74 Å². The van der Waals surface area contributed by atoms with Crippen LogP contribution in [-0.4, -0.2) is 58.7 Å². The summed E-state index contributed by atoms with van der Waals surface area (Å²) in [7, 11) is 3.13. The molecule has 2 aliphatic rings. The summed E-state index contributed by atoms with van der Waals surface area (Å²) in [6, 6.07) is 6.02. The Morgan fingerprint density at radius 3 is 2.76 bits per heavy atom. The lowest BCUT2D eigenvalue weighted by molar-refractivity contribution is -0.128. The lowest BCUT2D eigenvalue weighted by Gasteiger charge is -2.29. The van der Waals surface area contributed by atoms with Gasteiger partial charge in [-0.2, -0.15) is 5.26 Å². The zero-order chi connectivity index (χ0) is 24.2. The summed E-state index contributed by atoms with van der Waals surface area (Å²) in [5.74, 6) is 0.258. The van der Waals surface area contributed by atoms with E-state index in [1.807, 2.05) is 0 Å². The predicted octanol–water partition coefficient (Wildman–Crippen LogP) is 2.97. The molecule has 1 heterocycles. The molecule has 0 aliphatic heterocycles. The maximum absolute atomic E-state index is 13.3. The zero-order valence-electron chi connectivity index (χ0n) is 19.7. The average molecular weight is 466 g/mol. The average Bonchev–Trinajstić information content (AvgIpc) is 3.56. The zero-order valence-corrected chi connectivity index (χ0v) is 19.7. The third-order valence-corrected chi connectivity index (χ3v) is 6.92. The number of rotatable bonds is 9. The monoisotopic (exact) mass is 465 g/mol. The fourth-order valence-electron chi connectivity index (χ4n) is 4.69. The third kappa shape index (κ3) is 5.22. The Morgan fingerprint density at radius 2 is 2.09 bits per heavy atom. The number of nitrogens with zero attached hydrogens (tertiary/aromatic N) is 3. The molecular formula is C25H31N5O4. The molecule has 1 aromatic heterocycles. The van der Waals surface area contributed by atoms with Gasteiger partial charge in [0.2, 0.25) is 5.91 Å². The molecule has 2 saturated carbocycles. The number of methoxy groups -OCH3 is 1. The smallest absolute Gasteiger partial charge is 0.290 e. The quantitative estimate of drug-likeness (QED) is 0.586. The molecular weight excluding hydrogens is 434 g/mol. The van der Waals surface area contributed by atoms with Crippen molar-refractivity contribution in [1.82, 2.24) is 20.2 Å². The number of carbonyl (C=O) groups is 3. The Morgan fingerprint density at radius 1 is 1.29 bits per heavy atom. The molecule has 0 radical (unpaired) electrons. The van der Waals surface area contributed by atoms with Crippen molar-refractivity contribution in [1.29, 1.82) is 5.26 Å². The molecule has 4 rings (SSSR count). The van der Waals surface area contributed by atoms with Gasteiger partial charge in [0.25, 0.3) is 5.91 Å². The Kier molecular flexibility index (Phi) is 7.15. The molecule has 0 bridgehead atoms. The minimum absolute atomic E-state index is 0.125. The maximum Gasteiger partial charge on any atom is 0.290 e. The van der Waals surface area contributed by atoms with Crippen LogP contribution in [0.1, 0.15) is 62.0 Å². The number of ketones is 1. The van der Waals surface area contributed by atoms with Gasteiger partial charge in [0, 0.05) is 19.4 Å². The molecule has 2 fully saturated rings. The first-order valence-corrected chi connectivity index (χ1v) is 11.9. The van der Waals surface area contributed by atoms with Gasteiger partial charge in [-0.3, -0.25) is 14.4 Å². The van der Waals surface area contributed by atoms with Crippen LogP contribution in [0.25, 0.3) is 11.0 Å². The molecule has 9 nitrogen and oxygen atoms in total. The number of fused-ring (bicyclic) bond motifs is 1. The highest BCUT2D eigenvalue weighted by Gasteiger charge is 2.36. The van der Waals surface area contributed by atoms with E-state index >= 15 is 0 Å². The van der Waals surface area contributed by atoms with Crippen LogP contribution in [0, 0.1) is 23.2 Å². The largest absolute Gasteiger partial charge is 0.494 e. The number of ether oxygens (including phenoxy) is 1. The van der Waals surface area contributed by atoms with Crippen LogP contribution in [0.5, 0.6) is 5.75 Å². The Labute approximate surface area is 198 Å². The number of hydrogen-bond acceptors (Lipinski definition) is 6. The highest BCUT2D eigenvalue weighted by molar-refractivity contribution is 5.98. The molecule has 0 saturated heterocycles. The van der Waals surface area contributed by atoms with Crippen molar-refractivity contribution in [3.8, 4) is 11.8 Å². The maximum atomic E-state index is 13.3. The lowest BCUT2D eigenvalue weighted by Crippen LogP contribution is -2.51. The van der Waals surface area contributed by atoms with Crippen LogP contribution in [-0.2, 0) is 9.59 Å². The van der Waals surface area contributed by atoms with Crippen molar-refractivity contribution in [3.05, 3.63) is 24.0 Å². The fraction of sp³-hybridized carbons (Fsp3) is 0.560. The summed E-state index contributed by atoms with van der Waals surface area (Å²) >= 11 is 0. The molecule has 3 unspecified atom stereocenters. The standard InChI is InChI=1S/C25H31N5O4/c1-30(25(33)23-28-18-7-5-9-21(34-2)22(18)29-23)19(12-15-10-11-15)24(32)27-17(14-26)13-16-6-3-4-8-20(16)31/h5,7,9,15-17,19H,3-4,6,8,10-13H2,1-2H3,(H,27,32)(H,28,29). The van der Waals surface area contributed by atoms with Gasteiger partial charge in [0.1, 0.15) is 29.1 Å². The summed E-state index contributed by atoms with van der Waals surface area (Å²) in [4.78, 5) is 47.6. The summed E-state index contributed by atoms with van der Waals surface area (Å²) < 4.78 is 5.33. The first-order chi connectivity index (χ1) is 16.4. The van der Waals surface area contributed by atoms with Gasteiger partial charge < -0.3 is 19.9 Å². The molecule has 0 spiro atoms. The SMILES string of the molecule is COc1cccc2[nH]c(C(=O)N(C)C(CC3CC3)C(=O)NC(C#N)CC3CCCCC3=O)nc12. The molecule has 180 valence electrons. The van der Waals surface area contributed by atoms with Gasteiger partial charge >= 0.3 is 0 Å². The predicted molar refractivity (Wildman–Crippen MR) is 125 cm³/mol. The summed E-state index contributed by atoms with van der Waals surface area (Å²) in [6.07, 6.45) is 6.04. The van der Waals surface area contributed by atoms with Crippen molar-refractivity contribution >= 4 is 28.6 Å².